The van der Waals surface area contributed by atoms with Gasteiger partial charge in [0.05, 0.1) is 5.12 Å². The molecule has 4 heteroatoms. The van der Waals surface area contributed by atoms with Crippen molar-refractivity contribution in [2.24, 2.45) is 0 Å². The molecule has 0 aromatic rings. The van der Waals surface area contributed by atoms with E-state index in [0.717, 1.165) is 18.5 Å². The number of rotatable bonds is 10. The Balaban J connectivity index is 0.00000225. The van der Waals surface area contributed by atoms with Crippen molar-refractivity contribution in [3.8, 4) is 0 Å². The molecule has 1 rings (SSSR count). The maximum atomic E-state index is 11.2. The van der Waals surface area contributed by atoms with Crippen molar-refractivity contribution in [2.45, 2.75) is 76.3 Å². The van der Waals surface area contributed by atoms with Crippen molar-refractivity contribution in [1.82, 2.24) is 0 Å². The maximum absolute atomic E-state index is 11.2. The third kappa shape index (κ3) is 9.32. The molecule has 16 heavy (non-hydrogen) atoms. The Morgan fingerprint density at radius 2 is 1.38 bits per heavy atom. The summed E-state index contributed by atoms with van der Waals surface area (Å²) in [6.07, 6.45) is 12.4. The smallest absolute Gasteiger partial charge is 0.818 e. The first kappa shape index (κ1) is 17.3. The minimum Gasteiger partial charge on any atom is -0.818 e. The molecule has 1 aliphatic heterocycles. The van der Waals surface area contributed by atoms with Gasteiger partial charge in [0.25, 0.3) is 0 Å². The second-order valence-electron chi connectivity index (χ2n) is 4.43. The first-order valence-corrected chi connectivity index (χ1v) is 7.08. The zero-order valence-corrected chi connectivity index (χ0v) is 13.6. The predicted octanol–water partition coefficient (Wildman–Crippen LogP) is 0.604. The largest absolute Gasteiger partial charge is 1.00 e. The summed E-state index contributed by atoms with van der Waals surface area (Å²) in [4.78, 5) is 0. The molecular formula is C12H23NaO2S. The molecule has 0 radical (unpaired) electrons. The van der Waals surface area contributed by atoms with E-state index >= 15 is 0 Å². The Morgan fingerprint density at radius 3 is 1.81 bits per heavy atom. The average Bonchev–Trinajstić information content (AvgIpc) is 2.95. The summed E-state index contributed by atoms with van der Waals surface area (Å²) in [6, 6.07) is 0. The molecule has 0 saturated carbocycles. The Bertz CT molecular complexity index is 163. The Morgan fingerprint density at radius 1 is 0.938 bits per heavy atom. The van der Waals surface area contributed by atoms with Gasteiger partial charge in [0, 0.05) is 12.0 Å². The molecule has 1 aliphatic rings. The minimum atomic E-state index is -1.04. The van der Waals surface area contributed by atoms with Crippen LogP contribution in [-0.2, 0) is 4.18 Å². The Labute approximate surface area is 126 Å². The normalized spacial score (nSPS) is 22.9. The van der Waals surface area contributed by atoms with E-state index in [1.807, 2.05) is 0 Å². The van der Waals surface area contributed by atoms with Gasteiger partial charge in [-0.1, -0.05) is 64.7 Å². The van der Waals surface area contributed by atoms with Crippen LogP contribution < -0.4 is 34.7 Å². The summed E-state index contributed by atoms with van der Waals surface area (Å²) >= 11 is 1.09. The molecule has 0 bridgehead atoms. The third-order valence-corrected chi connectivity index (χ3v) is 3.60. The quantitative estimate of drug-likeness (QED) is 0.248. The SMILES string of the molecule is CCCCCCCCCCCC1([O-])OS1.[Na+]. The molecule has 1 fully saturated rings. The van der Waals surface area contributed by atoms with Crippen LogP contribution in [0.4, 0.5) is 0 Å². The van der Waals surface area contributed by atoms with Crippen LogP contribution in [0, 0.1) is 0 Å². The van der Waals surface area contributed by atoms with Gasteiger partial charge >= 0.3 is 29.6 Å². The van der Waals surface area contributed by atoms with Gasteiger partial charge in [0.15, 0.2) is 0 Å². The van der Waals surface area contributed by atoms with E-state index in [1.165, 1.54) is 51.4 Å². The number of hydrogen-bond donors (Lipinski definition) is 0. The average molecular weight is 254 g/mol. The van der Waals surface area contributed by atoms with Gasteiger partial charge in [-0.05, 0) is 6.42 Å². The molecule has 90 valence electrons. The molecule has 1 unspecified atom stereocenters. The summed E-state index contributed by atoms with van der Waals surface area (Å²) in [7, 11) is 0. The molecule has 0 aliphatic carbocycles. The van der Waals surface area contributed by atoms with Gasteiger partial charge in [-0.2, -0.15) is 0 Å². The Kier molecular flexibility index (Phi) is 11.0. The second kappa shape index (κ2) is 10.2. The molecule has 0 aromatic carbocycles. The molecule has 0 amide bonds. The first-order valence-electron chi connectivity index (χ1n) is 6.34. The summed E-state index contributed by atoms with van der Waals surface area (Å²) in [5, 5.41) is 10.1. The van der Waals surface area contributed by atoms with Crippen molar-refractivity contribution in [3.05, 3.63) is 0 Å². The topological polar surface area (TPSA) is 35.6 Å². The van der Waals surface area contributed by atoms with Crippen LogP contribution in [0.25, 0.3) is 0 Å². The monoisotopic (exact) mass is 254 g/mol. The van der Waals surface area contributed by atoms with E-state index < -0.39 is 5.12 Å². The molecule has 1 atom stereocenters. The summed E-state index contributed by atoms with van der Waals surface area (Å²) in [5.74, 6) is 0. The molecular weight excluding hydrogens is 231 g/mol. The van der Waals surface area contributed by atoms with E-state index in [0.29, 0.717) is 6.42 Å². The maximum Gasteiger partial charge on any atom is 1.00 e. The van der Waals surface area contributed by atoms with Crippen molar-refractivity contribution in [1.29, 1.82) is 0 Å². The van der Waals surface area contributed by atoms with Gasteiger partial charge in [0.1, 0.15) is 0 Å². The third-order valence-electron chi connectivity index (χ3n) is 2.86. The van der Waals surface area contributed by atoms with Crippen molar-refractivity contribution >= 4 is 12.0 Å². The van der Waals surface area contributed by atoms with Gasteiger partial charge in [-0.3, -0.25) is 0 Å². The molecule has 0 spiro atoms. The van der Waals surface area contributed by atoms with Crippen LogP contribution in [0.5, 0.6) is 0 Å². The van der Waals surface area contributed by atoms with Crippen LogP contribution >= 0.6 is 12.0 Å². The van der Waals surface area contributed by atoms with Crippen molar-refractivity contribution in [2.75, 3.05) is 0 Å². The van der Waals surface area contributed by atoms with E-state index in [1.54, 1.807) is 0 Å². The van der Waals surface area contributed by atoms with E-state index in [2.05, 4.69) is 6.92 Å². The zero-order valence-electron chi connectivity index (χ0n) is 10.8. The first-order chi connectivity index (χ1) is 7.27. The Hall–Kier alpha value is 1.27. The molecule has 0 N–H and O–H groups in total. The number of hydrogen-bond acceptors (Lipinski definition) is 3. The van der Waals surface area contributed by atoms with Crippen LogP contribution in [-0.4, -0.2) is 5.12 Å². The fourth-order valence-electron chi connectivity index (χ4n) is 1.78. The van der Waals surface area contributed by atoms with Crippen LogP contribution in [0.1, 0.15) is 71.1 Å². The van der Waals surface area contributed by atoms with Crippen molar-refractivity contribution in [3.63, 3.8) is 0 Å². The summed E-state index contributed by atoms with van der Waals surface area (Å²) in [5.41, 5.74) is 0. The summed E-state index contributed by atoms with van der Waals surface area (Å²) < 4.78 is 4.73. The van der Waals surface area contributed by atoms with Gasteiger partial charge in [-0.15, -0.1) is 0 Å². The fourth-order valence-corrected chi connectivity index (χ4v) is 2.19. The zero-order chi connectivity index (χ0) is 11.0. The van der Waals surface area contributed by atoms with Crippen molar-refractivity contribution < 1.29 is 38.8 Å². The van der Waals surface area contributed by atoms with Gasteiger partial charge < -0.3 is 9.29 Å². The standard InChI is InChI=1S/C12H23O2S.Na/c1-2-3-4-5-6-7-8-9-10-11-12(13)14-15-12;/h2-11H2,1H3;/q-1;+1. The van der Waals surface area contributed by atoms with Crippen LogP contribution in [0.2, 0.25) is 0 Å². The molecule has 0 aromatic heterocycles. The van der Waals surface area contributed by atoms with E-state index in [9.17, 15) is 5.11 Å². The summed E-state index contributed by atoms with van der Waals surface area (Å²) in [6.45, 7) is 2.25. The van der Waals surface area contributed by atoms with E-state index in [4.69, 9.17) is 4.18 Å². The van der Waals surface area contributed by atoms with Crippen LogP contribution in [0.3, 0.4) is 0 Å². The van der Waals surface area contributed by atoms with Crippen LogP contribution in [0.15, 0.2) is 0 Å². The van der Waals surface area contributed by atoms with Gasteiger partial charge in [0.2, 0.25) is 0 Å². The number of unbranched alkanes of at least 4 members (excludes halogenated alkanes) is 8. The fraction of sp³-hybridized carbons (Fsp3) is 1.00. The minimum absolute atomic E-state index is 0. The molecule has 1 saturated heterocycles. The predicted molar refractivity (Wildman–Crippen MR) is 63.3 cm³/mol. The molecule has 2 nitrogen and oxygen atoms in total. The van der Waals surface area contributed by atoms with E-state index in [-0.39, 0.29) is 29.6 Å². The van der Waals surface area contributed by atoms with Gasteiger partial charge in [-0.25, -0.2) is 0 Å². The molecule has 1 heterocycles. The second-order valence-corrected chi connectivity index (χ2v) is 5.38.